The van der Waals surface area contributed by atoms with Gasteiger partial charge in [0.15, 0.2) is 0 Å². The summed E-state index contributed by atoms with van der Waals surface area (Å²) in [7, 11) is 0. The Hall–Kier alpha value is -1.80. The number of amides is 1. The van der Waals surface area contributed by atoms with Crippen molar-refractivity contribution in [1.29, 1.82) is 0 Å². The molecular weight excluding hydrogens is 282 g/mol. The van der Waals surface area contributed by atoms with Crippen LogP contribution in [0, 0.1) is 0 Å². The maximum Gasteiger partial charge on any atom is 0.251 e. The minimum Gasteiger partial charge on any atom is -0.346 e. The van der Waals surface area contributed by atoms with Gasteiger partial charge < -0.3 is 5.32 Å². The largest absolute Gasteiger partial charge is 0.346 e. The quantitative estimate of drug-likeness (QED) is 0.898. The number of hydrogen-bond acceptors (Lipinski definition) is 1. The Kier molecular flexibility index (Phi) is 3.98. The molecule has 0 unspecified atom stereocenters. The summed E-state index contributed by atoms with van der Waals surface area (Å²) in [4.78, 5) is 12.2. The predicted molar refractivity (Wildman–Crippen MR) is 85.8 cm³/mol. The summed E-state index contributed by atoms with van der Waals surface area (Å²) in [5, 5.41) is 3.61. The van der Waals surface area contributed by atoms with Crippen molar-refractivity contribution in [2.24, 2.45) is 0 Å². The highest BCUT2D eigenvalue weighted by atomic mass is 35.5. The van der Waals surface area contributed by atoms with Crippen molar-refractivity contribution in [2.75, 3.05) is 0 Å². The molecule has 108 valence electrons. The number of halogens is 1. The Morgan fingerprint density at radius 1 is 1.14 bits per heavy atom. The number of rotatable bonds is 3. The average molecular weight is 300 g/mol. The van der Waals surface area contributed by atoms with Crippen molar-refractivity contribution in [3.05, 3.63) is 69.7 Å². The second-order valence-electron chi connectivity index (χ2n) is 5.59. The van der Waals surface area contributed by atoms with E-state index in [1.165, 1.54) is 24.0 Å². The van der Waals surface area contributed by atoms with Crippen molar-refractivity contribution >= 4 is 17.5 Å². The van der Waals surface area contributed by atoms with E-state index in [2.05, 4.69) is 23.5 Å². The van der Waals surface area contributed by atoms with Crippen LogP contribution in [0.4, 0.5) is 0 Å². The lowest BCUT2D eigenvalue weighted by atomic mass is 10.0. The highest BCUT2D eigenvalue weighted by Gasteiger charge is 2.15. The van der Waals surface area contributed by atoms with Crippen LogP contribution in [0.15, 0.2) is 42.5 Å². The third-order valence-corrected chi connectivity index (χ3v) is 4.29. The molecule has 3 rings (SSSR count). The first-order chi connectivity index (χ1) is 10.1. The fraction of sp³-hybridized carbons (Fsp3) is 0.278. The Bertz CT molecular complexity index is 681. The first kappa shape index (κ1) is 14.2. The second kappa shape index (κ2) is 5.90. The smallest absolute Gasteiger partial charge is 0.251 e. The van der Waals surface area contributed by atoms with Crippen LogP contribution in [-0.4, -0.2) is 5.91 Å². The molecule has 1 aliphatic carbocycles. The lowest BCUT2D eigenvalue weighted by Gasteiger charge is -2.16. The van der Waals surface area contributed by atoms with E-state index in [1.807, 2.05) is 6.92 Å². The van der Waals surface area contributed by atoms with Crippen LogP contribution in [0.25, 0.3) is 0 Å². The Balaban J connectivity index is 1.74. The maximum absolute atomic E-state index is 12.2. The number of carbonyl (C=O) groups excluding carboxylic acids is 1. The topological polar surface area (TPSA) is 29.1 Å². The number of benzene rings is 2. The van der Waals surface area contributed by atoms with Gasteiger partial charge in [0, 0.05) is 10.6 Å². The van der Waals surface area contributed by atoms with Crippen molar-refractivity contribution in [3.8, 4) is 0 Å². The summed E-state index contributed by atoms with van der Waals surface area (Å²) in [6.45, 7) is 2.01. The van der Waals surface area contributed by atoms with Crippen LogP contribution in [0.2, 0.25) is 5.02 Å². The SMILES string of the molecule is C[C@@H](NC(=O)c1cccc(Cl)c1)c1ccc2c(c1)CCC2. The summed E-state index contributed by atoms with van der Waals surface area (Å²) < 4.78 is 0. The average Bonchev–Trinajstić information content (AvgIpc) is 2.94. The number of hydrogen-bond donors (Lipinski definition) is 1. The number of carbonyl (C=O) groups is 1. The summed E-state index contributed by atoms with van der Waals surface area (Å²) >= 11 is 5.93. The third kappa shape index (κ3) is 3.11. The van der Waals surface area contributed by atoms with Crippen LogP contribution in [-0.2, 0) is 12.8 Å². The van der Waals surface area contributed by atoms with E-state index in [0.29, 0.717) is 10.6 Å². The highest BCUT2D eigenvalue weighted by Crippen LogP contribution is 2.25. The molecule has 3 heteroatoms. The molecule has 0 saturated carbocycles. The zero-order valence-electron chi connectivity index (χ0n) is 12.0. The van der Waals surface area contributed by atoms with E-state index >= 15 is 0 Å². The lowest BCUT2D eigenvalue weighted by molar-refractivity contribution is 0.0940. The summed E-state index contributed by atoms with van der Waals surface area (Å²) in [5.74, 6) is -0.0921. The predicted octanol–water partition coefficient (Wildman–Crippen LogP) is 4.32. The number of nitrogens with one attached hydrogen (secondary N) is 1. The van der Waals surface area contributed by atoms with Gasteiger partial charge in [-0.05, 0) is 61.1 Å². The van der Waals surface area contributed by atoms with Crippen LogP contribution >= 0.6 is 11.6 Å². The van der Waals surface area contributed by atoms with Gasteiger partial charge >= 0.3 is 0 Å². The Labute approximate surface area is 130 Å². The Morgan fingerprint density at radius 2 is 1.95 bits per heavy atom. The van der Waals surface area contributed by atoms with Gasteiger partial charge in [0.1, 0.15) is 0 Å². The summed E-state index contributed by atoms with van der Waals surface area (Å²) in [6, 6.07) is 13.5. The van der Waals surface area contributed by atoms with Crippen LogP contribution in [0.3, 0.4) is 0 Å². The molecule has 1 atom stereocenters. The minimum absolute atomic E-state index is 0.0117. The van der Waals surface area contributed by atoms with Gasteiger partial charge in [-0.1, -0.05) is 35.9 Å². The molecule has 0 bridgehead atoms. The molecule has 2 nitrogen and oxygen atoms in total. The van der Waals surface area contributed by atoms with E-state index < -0.39 is 0 Å². The van der Waals surface area contributed by atoms with Gasteiger partial charge in [0.2, 0.25) is 0 Å². The van der Waals surface area contributed by atoms with Crippen molar-refractivity contribution in [3.63, 3.8) is 0 Å². The molecule has 1 amide bonds. The summed E-state index contributed by atoms with van der Waals surface area (Å²) in [5.41, 5.74) is 4.63. The monoisotopic (exact) mass is 299 g/mol. The van der Waals surface area contributed by atoms with Gasteiger partial charge in [-0.15, -0.1) is 0 Å². The van der Waals surface area contributed by atoms with Gasteiger partial charge in [0.05, 0.1) is 6.04 Å². The molecule has 0 aromatic heterocycles. The molecular formula is C18H18ClNO. The number of aryl methyl sites for hydroxylation is 2. The van der Waals surface area contributed by atoms with Crippen molar-refractivity contribution < 1.29 is 4.79 Å². The molecule has 2 aromatic carbocycles. The van der Waals surface area contributed by atoms with Gasteiger partial charge in [-0.25, -0.2) is 0 Å². The van der Waals surface area contributed by atoms with E-state index in [1.54, 1.807) is 24.3 Å². The number of fused-ring (bicyclic) bond motifs is 1. The van der Waals surface area contributed by atoms with Crippen LogP contribution in [0.1, 0.15) is 46.4 Å². The van der Waals surface area contributed by atoms with Crippen molar-refractivity contribution in [1.82, 2.24) is 5.32 Å². The molecule has 2 aromatic rings. The fourth-order valence-corrected chi connectivity index (χ4v) is 3.04. The second-order valence-corrected chi connectivity index (χ2v) is 6.02. The zero-order chi connectivity index (χ0) is 14.8. The molecule has 0 spiro atoms. The maximum atomic E-state index is 12.2. The lowest BCUT2D eigenvalue weighted by Crippen LogP contribution is -2.26. The summed E-state index contributed by atoms with van der Waals surface area (Å²) in [6.07, 6.45) is 3.57. The van der Waals surface area contributed by atoms with E-state index in [9.17, 15) is 4.79 Å². The molecule has 21 heavy (non-hydrogen) atoms. The molecule has 0 aliphatic heterocycles. The van der Waals surface area contributed by atoms with Crippen LogP contribution < -0.4 is 5.32 Å². The minimum atomic E-state index is -0.0921. The molecule has 0 saturated heterocycles. The van der Waals surface area contributed by atoms with E-state index in [-0.39, 0.29) is 11.9 Å². The van der Waals surface area contributed by atoms with Crippen LogP contribution in [0.5, 0.6) is 0 Å². The molecule has 0 radical (unpaired) electrons. The zero-order valence-corrected chi connectivity index (χ0v) is 12.8. The van der Waals surface area contributed by atoms with E-state index in [0.717, 1.165) is 12.0 Å². The molecule has 1 aliphatic rings. The fourth-order valence-electron chi connectivity index (χ4n) is 2.85. The third-order valence-electron chi connectivity index (χ3n) is 4.06. The molecule has 0 heterocycles. The van der Waals surface area contributed by atoms with Gasteiger partial charge in [0.25, 0.3) is 5.91 Å². The Morgan fingerprint density at radius 3 is 2.76 bits per heavy atom. The van der Waals surface area contributed by atoms with Crippen molar-refractivity contribution in [2.45, 2.75) is 32.2 Å². The highest BCUT2D eigenvalue weighted by molar-refractivity contribution is 6.30. The molecule has 1 N–H and O–H groups in total. The molecule has 0 fully saturated rings. The van der Waals surface area contributed by atoms with Gasteiger partial charge in [-0.3, -0.25) is 4.79 Å². The van der Waals surface area contributed by atoms with Gasteiger partial charge in [-0.2, -0.15) is 0 Å². The first-order valence-electron chi connectivity index (χ1n) is 7.31. The normalized spacial score (nSPS) is 14.6. The standard InChI is InChI=1S/C18H18ClNO/c1-12(14-9-8-13-4-2-5-15(13)10-14)20-18(21)16-6-3-7-17(19)11-16/h3,6-12H,2,4-5H2,1H3,(H,20,21)/t12-/m1/s1. The first-order valence-corrected chi connectivity index (χ1v) is 7.69. The van der Waals surface area contributed by atoms with E-state index in [4.69, 9.17) is 11.6 Å².